The molecule has 0 atom stereocenters. The summed E-state index contributed by atoms with van der Waals surface area (Å²) in [6.07, 6.45) is 7.83. The predicted octanol–water partition coefficient (Wildman–Crippen LogP) is 4.39. The van der Waals surface area contributed by atoms with Crippen molar-refractivity contribution in [3.8, 4) is 0 Å². The van der Waals surface area contributed by atoms with Crippen molar-refractivity contribution in [2.24, 2.45) is 0 Å². The average molecular weight is 309 g/mol. The molecule has 1 saturated carbocycles. The molecule has 0 spiro atoms. The fourth-order valence-electron chi connectivity index (χ4n) is 3.05. The molecule has 0 radical (unpaired) electrons. The lowest BCUT2D eigenvalue weighted by molar-refractivity contribution is 0.102. The summed E-state index contributed by atoms with van der Waals surface area (Å²) in [5.74, 6) is 0.566. The van der Waals surface area contributed by atoms with Crippen LogP contribution in [0, 0.1) is 6.92 Å². The zero-order valence-electron chi connectivity index (χ0n) is 13.5. The van der Waals surface area contributed by atoms with Gasteiger partial charge in [0.2, 0.25) is 0 Å². The van der Waals surface area contributed by atoms with Gasteiger partial charge in [0, 0.05) is 17.9 Å². The first kappa shape index (κ1) is 15.5. The van der Waals surface area contributed by atoms with E-state index in [9.17, 15) is 4.79 Å². The molecule has 23 heavy (non-hydrogen) atoms. The molecule has 2 N–H and O–H groups in total. The Kier molecular flexibility index (Phi) is 4.91. The number of hydrogen-bond donors (Lipinski definition) is 2. The molecule has 4 heteroatoms. The molecule has 120 valence electrons. The molecule has 1 aromatic heterocycles. The van der Waals surface area contributed by atoms with Crippen LogP contribution in [0.1, 0.15) is 48.0 Å². The lowest BCUT2D eigenvalue weighted by Crippen LogP contribution is -2.25. The summed E-state index contributed by atoms with van der Waals surface area (Å²) in [5, 5.41) is 6.44. The van der Waals surface area contributed by atoms with E-state index in [0.29, 0.717) is 17.4 Å². The third-order valence-corrected chi connectivity index (χ3v) is 4.39. The fourth-order valence-corrected chi connectivity index (χ4v) is 3.05. The van der Waals surface area contributed by atoms with E-state index in [1.807, 2.05) is 37.3 Å². The minimum Gasteiger partial charge on any atom is -0.367 e. The zero-order chi connectivity index (χ0) is 16.1. The molecule has 0 aliphatic heterocycles. The summed E-state index contributed by atoms with van der Waals surface area (Å²) in [7, 11) is 0. The number of aromatic nitrogens is 1. The highest BCUT2D eigenvalue weighted by Gasteiger charge is 2.18. The van der Waals surface area contributed by atoms with E-state index < -0.39 is 0 Å². The second-order valence-electron chi connectivity index (χ2n) is 6.15. The number of rotatable bonds is 4. The second kappa shape index (κ2) is 7.27. The Morgan fingerprint density at radius 3 is 2.65 bits per heavy atom. The van der Waals surface area contributed by atoms with E-state index in [2.05, 4.69) is 15.6 Å². The van der Waals surface area contributed by atoms with Crippen LogP contribution in [0.2, 0.25) is 0 Å². The van der Waals surface area contributed by atoms with Gasteiger partial charge in [0.15, 0.2) is 0 Å². The first-order chi connectivity index (χ1) is 11.2. The molecule has 1 aliphatic carbocycles. The number of nitrogens with one attached hydrogen (secondary N) is 2. The molecular formula is C19H23N3O. The third-order valence-electron chi connectivity index (χ3n) is 4.39. The number of pyridine rings is 1. The van der Waals surface area contributed by atoms with Crippen LogP contribution in [-0.2, 0) is 0 Å². The zero-order valence-corrected chi connectivity index (χ0v) is 13.5. The van der Waals surface area contributed by atoms with Crippen LogP contribution in [-0.4, -0.2) is 16.9 Å². The molecule has 0 unspecified atom stereocenters. The number of aryl methyl sites for hydroxylation is 1. The summed E-state index contributed by atoms with van der Waals surface area (Å²) < 4.78 is 0. The van der Waals surface area contributed by atoms with Gasteiger partial charge in [-0.1, -0.05) is 37.5 Å². The second-order valence-corrected chi connectivity index (χ2v) is 6.15. The quantitative estimate of drug-likeness (QED) is 0.881. The van der Waals surface area contributed by atoms with E-state index >= 15 is 0 Å². The van der Waals surface area contributed by atoms with Gasteiger partial charge >= 0.3 is 0 Å². The first-order valence-electron chi connectivity index (χ1n) is 8.32. The standard InChI is InChI=1S/C19H23N3O/c1-14-8-5-6-12-17(14)22-19(23)16-11-7-13-20-18(16)21-15-9-3-2-4-10-15/h5-8,11-13,15H,2-4,9-10H2,1H3,(H,20,21)(H,22,23). The number of amides is 1. The minimum absolute atomic E-state index is 0.120. The Hall–Kier alpha value is -2.36. The van der Waals surface area contributed by atoms with Crippen LogP contribution in [0.4, 0.5) is 11.5 Å². The highest BCUT2D eigenvalue weighted by Crippen LogP contribution is 2.23. The molecule has 1 amide bonds. The van der Waals surface area contributed by atoms with Crippen LogP contribution in [0.15, 0.2) is 42.6 Å². The number of carbonyl (C=O) groups is 1. The summed E-state index contributed by atoms with van der Waals surface area (Å²) in [6, 6.07) is 11.8. The fraction of sp³-hybridized carbons (Fsp3) is 0.368. The number of para-hydroxylation sites is 1. The highest BCUT2D eigenvalue weighted by molar-refractivity contribution is 6.07. The Morgan fingerprint density at radius 1 is 1.09 bits per heavy atom. The van der Waals surface area contributed by atoms with Gasteiger partial charge in [-0.3, -0.25) is 4.79 Å². The van der Waals surface area contributed by atoms with Crippen molar-refractivity contribution in [2.75, 3.05) is 10.6 Å². The molecule has 1 aromatic carbocycles. The normalized spacial score (nSPS) is 15.2. The van der Waals surface area contributed by atoms with Crippen molar-refractivity contribution >= 4 is 17.4 Å². The molecule has 2 aromatic rings. The van der Waals surface area contributed by atoms with Crippen LogP contribution >= 0.6 is 0 Å². The lowest BCUT2D eigenvalue weighted by atomic mass is 9.95. The summed E-state index contributed by atoms with van der Waals surface area (Å²) in [6.45, 7) is 1.99. The maximum absolute atomic E-state index is 12.6. The van der Waals surface area contributed by atoms with Crippen molar-refractivity contribution in [3.05, 3.63) is 53.7 Å². The van der Waals surface area contributed by atoms with Gasteiger partial charge in [-0.25, -0.2) is 4.98 Å². The molecule has 1 aliphatic rings. The number of anilines is 2. The van der Waals surface area contributed by atoms with E-state index in [0.717, 1.165) is 24.1 Å². The average Bonchev–Trinajstić information content (AvgIpc) is 2.58. The molecule has 3 rings (SSSR count). The van der Waals surface area contributed by atoms with Crippen molar-refractivity contribution in [1.82, 2.24) is 4.98 Å². The first-order valence-corrected chi connectivity index (χ1v) is 8.32. The van der Waals surface area contributed by atoms with Crippen molar-refractivity contribution in [2.45, 2.75) is 45.1 Å². The van der Waals surface area contributed by atoms with Gasteiger partial charge in [-0.15, -0.1) is 0 Å². The summed E-state index contributed by atoms with van der Waals surface area (Å²) in [5.41, 5.74) is 2.48. The van der Waals surface area contributed by atoms with Crippen LogP contribution in [0.5, 0.6) is 0 Å². The lowest BCUT2D eigenvalue weighted by Gasteiger charge is -2.24. The van der Waals surface area contributed by atoms with Crippen LogP contribution in [0.25, 0.3) is 0 Å². The number of benzene rings is 1. The van der Waals surface area contributed by atoms with E-state index in [1.165, 1.54) is 19.3 Å². The van der Waals surface area contributed by atoms with Crippen molar-refractivity contribution in [3.63, 3.8) is 0 Å². The van der Waals surface area contributed by atoms with Crippen molar-refractivity contribution < 1.29 is 4.79 Å². The summed E-state index contributed by atoms with van der Waals surface area (Å²) >= 11 is 0. The molecule has 1 fully saturated rings. The Morgan fingerprint density at radius 2 is 1.87 bits per heavy atom. The number of hydrogen-bond acceptors (Lipinski definition) is 3. The molecule has 1 heterocycles. The SMILES string of the molecule is Cc1ccccc1NC(=O)c1cccnc1NC1CCCCC1. The van der Waals surface area contributed by atoms with Gasteiger partial charge < -0.3 is 10.6 Å². The molecule has 4 nitrogen and oxygen atoms in total. The van der Waals surface area contributed by atoms with Gasteiger partial charge in [-0.05, 0) is 43.5 Å². The molecule has 0 bridgehead atoms. The predicted molar refractivity (Wildman–Crippen MR) is 93.9 cm³/mol. The van der Waals surface area contributed by atoms with Crippen LogP contribution in [0.3, 0.4) is 0 Å². The Labute approximate surface area is 137 Å². The maximum Gasteiger partial charge on any atom is 0.259 e. The van der Waals surface area contributed by atoms with Gasteiger partial charge in [0.1, 0.15) is 5.82 Å². The Balaban J connectivity index is 1.76. The highest BCUT2D eigenvalue weighted by atomic mass is 16.1. The van der Waals surface area contributed by atoms with Crippen LogP contribution < -0.4 is 10.6 Å². The van der Waals surface area contributed by atoms with Gasteiger partial charge in [-0.2, -0.15) is 0 Å². The Bertz CT molecular complexity index is 678. The third kappa shape index (κ3) is 3.89. The molecular weight excluding hydrogens is 286 g/mol. The van der Waals surface area contributed by atoms with E-state index in [-0.39, 0.29) is 5.91 Å². The minimum atomic E-state index is -0.120. The maximum atomic E-state index is 12.6. The van der Waals surface area contributed by atoms with Gasteiger partial charge in [0.05, 0.1) is 5.56 Å². The largest absolute Gasteiger partial charge is 0.367 e. The topological polar surface area (TPSA) is 54.0 Å². The van der Waals surface area contributed by atoms with Crippen molar-refractivity contribution in [1.29, 1.82) is 0 Å². The smallest absolute Gasteiger partial charge is 0.259 e. The van der Waals surface area contributed by atoms with E-state index in [4.69, 9.17) is 0 Å². The summed E-state index contributed by atoms with van der Waals surface area (Å²) in [4.78, 5) is 17.0. The number of nitrogens with zero attached hydrogens (tertiary/aromatic N) is 1. The van der Waals surface area contributed by atoms with E-state index in [1.54, 1.807) is 12.3 Å². The van der Waals surface area contributed by atoms with Gasteiger partial charge in [0.25, 0.3) is 5.91 Å². The molecule has 0 saturated heterocycles. The number of carbonyl (C=O) groups excluding carboxylic acids is 1. The monoisotopic (exact) mass is 309 g/mol.